The molecule has 2 aromatic rings. The summed E-state index contributed by atoms with van der Waals surface area (Å²) in [5.41, 5.74) is 2.63. The molecule has 0 radical (unpaired) electrons. The van der Waals surface area contributed by atoms with Crippen LogP contribution in [0.25, 0.3) is 10.9 Å². The molecule has 1 aromatic heterocycles. The number of aromatic nitrogens is 1. The molecule has 1 atom stereocenters. The Hall–Kier alpha value is -1.96. The van der Waals surface area contributed by atoms with Gasteiger partial charge < -0.3 is 24.8 Å². The van der Waals surface area contributed by atoms with Crippen LogP contribution in [0.15, 0.2) is 29.1 Å². The third-order valence-electron chi connectivity index (χ3n) is 5.32. The van der Waals surface area contributed by atoms with Crippen LogP contribution in [0.1, 0.15) is 30.4 Å². The van der Waals surface area contributed by atoms with E-state index in [9.17, 15) is 4.79 Å². The molecule has 6 nitrogen and oxygen atoms in total. The molecule has 0 spiro atoms. The van der Waals surface area contributed by atoms with Crippen molar-refractivity contribution in [3.8, 4) is 0 Å². The minimum absolute atomic E-state index is 0.0560. The minimum Gasteiger partial charge on any atom is -0.376 e. The number of hydrogen-bond donors (Lipinski definition) is 2. The van der Waals surface area contributed by atoms with Gasteiger partial charge in [0.25, 0.3) is 5.56 Å². The molecule has 158 valence electrons. The van der Waals surface area contributed by atoms with Crippen LogP contribution in [0.3, 0.4) is 0 Å². The van der Waals surface area contributed by atoms with Crippen LogP contribution in [-0.4, -0.2) is 66.3 Å². The van der Waals surface area contributed by atoms with Crippen LogP contribution in [0.5, 0.6) is 0 Å². The first-order valence-electron chi connectivity index (χ1n) is 10.3. The number of para-hydroxylation sites is 1. The lowest BCUT2D eigenvalue weighted by Crippen LogP contribution is -2.44. The number of aryl methyl sites for hydroxylation is 1. The Balaban J connectivity index is 1.75. The molecule has 1 saturated heterocycles. The lowest BCUT2D eigenvalue weighted by molar-refractivity contribution is 0.0897. The van der Waals surface area contributed by atoms with Crippen LogP contribution in [-0.2, 0) is 11.3 Å². The molecular weight excluding hydrogens is 384 g/mol. The van der Waals surface area contributed by atoms with Gasteiger partial charge in [0, 0.05) is 25.3 Å². The van der Waals surface area contributed by atoms with Crippen molar-refractivity contribution in [3.05, 3.63) is 45.7 Å². The van der Waals surface area contributed by atoms with Crippen molar-refractivity contribution in [1.29, 1.82) is 0 Å². The second kappa shape index (κ2) is 10.2. The first-order valence-corrected chi connectivity index (χ1v) is 10.8. The molecular formula is C22H32N4O2S. The topological polar surface area (TPSA) is 60.6 Å². The smallest absolute Gasteiger partial charge is 0.253 e. The summed E-state index contributed by atoms with van der Waals surface area (Å²) < 4.78 is 5.82. The van der Waals surface area contributed by atoms with E-state index in [0.29, 0.717) is 18.2 Å². The molecule has 2 N–H and O–H groups in total. The van der Waals surface area contributed by atoms with Crippen molar-refractivity contribution < 1.29 is 4.74 Å². The van der Waals surface area contributed by atoms with Gasteiger partial charge in [0.1, 0.15) is 0 Å². The maximum Gasteiger partial charge on any atom is 0.253 e. The number of pyridine rings is 1. The summed E-state index contributed by atoms with van der Waals surface area (Å²) in [6.45, 7) is 5.80. The maximum absolute atomic E-state index is 12.7. The molecule has 1 aliphatic heterocycles. The Bertz CT molecular complexity index is 890. The SMILES string of the molecule is Cc1cccc2cc(CN(C[C@H]3CCCO3)C(=S)NCCCN(C)C)c(=O)[nH]c12. The number of ether oxygens (including phenoxy) is 1. The summed E-state index contributed by atoms with van der Waals surface area (Å²) in [6, 6.07) is 8.04. The summed E-state index contributed by atoms with van der Waals surface area (Å²) in [4.78, 5) is 20.0. The van der Waals surface area contributed by atoms with E-state index < -0.39 is 0 Å². The number of aromatic amines is 1. The quantitative estimate of drug-likeness (QED) is 0.510. The van der Waals surface area contributed by atoms with Crippen molar-refractivity contribution in [2.24, 2.45) is 0 Å². The zero-order valence-corrected chi connectivity index (χ0v) is 18.5. The summed E-state index contributed by atoms with van der Waals surface area (Å²) >= 11 is 5.68. The summed E-state index contributed by atoms with van der Waals surface area (Å²) in [6.07, 6.45) is 3.29. The van der Waals surface area contributed by atoms with Gasteiger partial charge in [-0.1, -0.05) is 18.2 Å². The fraction of sp³-hybridized carbons (Fsp3) is 0.545. The van der Waals surface area contributed by atoms with E-state index in [4.69, 9.17) is 17.0 Å². The van der Waals surface area contributed by atoms with Crippen LogP contribution >= 0.6 is 12.2 Å². The van der Waals surface area contributed by atoms with Crippen LogP contribution in [0.2, 0.25) is 0 Å². The fourth-order valence-electron chi connectivity index (χ4n) is 3.71. The van der Waals surface area contributed by atoms with E-state index in [1.807, 2.05) is 31.2 Å². The van der Waals surface area contributed by atoms with Crippen molar-refractivity contribution in [2.45, 2.75) is 38.8 Å². The van der Waals surface area contributed by atoms with E-state index in [1.165, 1.54) is 0 Å². The Kier molecular flexibility index (Phi) is 7.64. The Morgan fingerprint density at radius 3 is 2.93 bits per heavy atom. The molecule has 2 heterocycles. The average Bonchev–Trinajstić information content (AvgIpc) is 3.19. The maximum atomic E-state index is 12.7. The number of hydrogen-bond acceptors (Lipinski definition) is 4. The molecule has 0 unspecified atom stereocenters. The highest BCUT2D eigenvalue weighted by molar-refractivity contribution is 7.80. The van der Waals surface area contributed by atoms with Gasteiger partial charge in [-0.2, -0.15) is 0 Å². The lowest BCUT2D eigenvalue weighted by atomic mass is 10.1. The predicted octanol–water partition coefficient (Wildman–Crippen LogP) is 2.64. The molecule has 1 aliphatic rings. The fourth-order valence-corrected chi connectivity index (χ4v) is 3.95. The van der Waals surface area contributed by atoms with Gasteiger partial charge >= 0.3 is 0 Å². The zero-order chi connectivity index (χ0) is 20.8. The number of rotatable bonds is 8. The highest BCUT2D eigenvalue weighted by Gasteiger charge is 2.22. The van der Waals surface area contributed by atoms with Gasteiger partial charge in [-0.05, 0) is 76.1 Å². The van der Waals surface area contributed by atoms with Gasteiger partial charge in [-0.3, -0.25) is 4.79 Å². The molecule has 0 amide bonds. The molecule has 0 saturated carbocycles. The largest absolute Gasteiger partial charge is 0.376 e. The normalized spacial score (nSPS) is 16.5. The van der Waals surface area contributed by atoms with Crippen LogP contribution in [0.4, 0.5) is 0 Å². The number of nitrogens with zero attached hydrogens (tertiary/aromatic N) is 2. The second-order valence-corrected chi connectivity index (χ2v) is 8.45. The Morgan fingerprint density at radius 2 is 2.21 bits per heavy atom. The predicted molar refractivity (Wildman–Crippen MR) is 122 cm³/mol. The molecule has 0 aliphatic carbocycles. The van der Waals surface area contributed by atoms with E-state index in [1.54, 1.807) is 0 Å². The Labute approximate surface area is 178 Å². The van der Waals surface area contributed by atoms with Crippen LogP contribution in [0, 0.1) is 6.92 Å². The highest BCUT2D eigenvalue weighted by Crippen LogP contribution is 2.18. The van der Waals surface area contributed by atoms with Crippen molar-refractivity contribution >= 4 is 28.2 Å². The molecule has 29 heavy (non-hydrogen) atoms. The first-order chi connectivity index (χ1) is 13.9. The van der Waals surface area contributed by atoms with Gasteiger partial charge in [0.2, 0.25) is 0 Å². The van der Waals surface area contributed by atoms with Crippen LogP contribution < -0.4 is 10.9 Å². The van der Waals surface area contributed by atoms with Crippen molar-refractivity contribution in [1.82, 2.24) is 20.1 Å². The minimum atomic E-state index is -0.0560. The summed E-state index contributed by atoms with van der Waals surface area (Å²) in [5.74, 6) is 0. The molecule has 1 fully saturated rings. The first kappa shape index (κ1) is 21.7. The van der Waals surface area contributed by atoms with Gasteiger partial charge in [-0.15, -0.1) is 0 Å². The van der Waals surface area contributed by atoms with E-state index in [-0.39, 0.29) is 11.7 Å². The summed E-state index contributed by atoms with van der Waals surface area (Å²) in [5, 5.41) is 5.09. The second-order valence-electron chi connectivity index (χ2n) is 8.07. The van der Waals surface area contributed by atoms with E-state index in [0.717, 1.165) is 61.0 Å². The van der Waals surface area contributed by atoms with Crippen molar-refractivity contribution in [2.75, 3.05) is 40.3 Å². The molecule has 3 rings (SSSR count). The molecule has 7 heteroatoms. The zero-order valence-electron chi connectivity index (χ0n) is 17.7. The van der Waals surface area contributed by atoms with E-state index in [2.05, 4.69) is 34.2 Å². The third kappa shape index (κ3) is 6.01. The highest BCUT2D eigenvalue weighted by atomic mass is 32.1. The van der Waals surface area contributed by atoms with Gasteiger partial charge in [-0.25, -0.2) is 0 Å². The number of nitrogens with one attached hydrogen (secondary N) is 2. The third-order valence-corrected chi connectivity index (χ3v) is 5.72. The average molecular weight is 417 g/mol. The van der Waals surface area contributed by atoms with Gasteiger partial charge in [0.15, 0.2) is 5.11 Å². The van der Waals surface area contributed by atoms with E-state index >= 15 is 0 Å². The Morgan fingerprint density at radius 1 is 1.38 bits per heavy atom. The molecule has 1 aromatic carbocycles. The number of benzene rings is 1. The number of thiocarbonyl (C=S) groups is 1. The standard InChI is InChI=1S/C22H32N4O2S/c1-16-7-4-8-17-13-18(21(27)24-20(16)17)14-26(15-19-9-5-12-28-19)22(29)23-10-6-11-25(2)3/h4,7-8,13,19H,5-6,9-12,14-15H2,1-3H3,(H,23,29)(H,24,27)/t19-/m1/s1. The number of H-pyrrole nitrogens is 1. The monoisotopic (exact) mass is 416 g/mol. The van der Waals surface area contributed by atoms with Gasteiger partial charge in [0.05, 0.1) is 18.2 Å². The van der Waals surface area contributed by atoms with Crippen molar-refractivity contribution in [3.63, 3.8) is 0 Å². The lowest BCUT2D eigenvalue weighted by Gasteiger charge is -2.28. The molecule has 0 bridgehead atoms. The summed E-state index contributed by atoms with van der Waals surface area (Å²) in [7, 11) is 4.13. The number of fused-ring (bicyclic) bond motifs is 1.